The van der Waals surface area contributed by atoms with Crippen molar-refractivity contribution < 1.29 is 18.7 Å². The van der Waals surface area contributed by atoms with Crippen LogP contribution in [0.5, 0.6) is 11.5 Å². The van der Waals surface area contributed by atoms with Crippen molar-refractivity contribution in [3.05, 3.63) is 54.3 Å². The first-order valence-corrected chi connectivity index (χ1v) is 6.59. The lowest BCUT2D eigenvalue weighted by Gasteiger charge is -2.11. The van der Waals surface area contributed by atoms with Crippen LogP contribution in [0.1, 0.15) is 6.92 Å². The molecule has 0 heterocycles. The average Bonchev–Trinajstić information content (AvgIpc) is 2.49. The van der Waals surface area contributed by atoms with Crippen molar-refractivity contribution in [3.63, 3.8) is 0 Å². The van der Waals surface area contributed by atoms with Crippen LogP contribution < -0.4 is 14.8 Å². The van der Waals surface area contributed by atoms with Gasteiger partial charge in [0.1, 0.15) is 5.75 Å². The third kappa shape index (κ3) is 4.21. The Morgan fingerprint density at radius 2 is 1.71 bits per heavy atom. The first kappa shape index (κ1) is 14.8. The van der Waals surface area contributed by atoms with Crippen LogP contribution in [0.3, 0.4) is 0 Å². The summed E-state index contributed by atoms with van der Waals surface area (Å²) in [7, 11) is 0. The van der Waals surface area contributed by atoms with Crippen LogP contribution in [0.4, 0.5) is 10.1 Å². The average molecular weight is 289 g/mol. The number of halogens is 1. The van der Waals surface area contributed by atoms with Gasteiger partial charge in [-0.25, -0.2) is 4.39 Å². The number of benzene rings is 2. The molecule has 0 atom stereocenters. The molecule has 0 aromatic heterocycles. The topological polar surface area (TPSA) is 47.6 Å². The zero-order valence-electron chi connectivity index (χ0n) is 11.6. The molecule has 5 heteroatoms. The molecule has 0 radical (unpaired) electrons. The fourth-order valence-electron chi connectivity index (χ4n) is 1.74. The van der Waals surface area contributed by atoms with Gasteiger partial charge in [0.2, 0.25) is 0 Å². The minimum absolute atomic E-state index is 0.0470. The Balaban J connectivity index is 1.95. The Hall–Kier alpha value is -2.56. The van der Waals surface area contributed by atoms with Crippen LogP contribution in [0, 0.1) is 5.82 Å². The second-order valence-electron chi connectivity index (χ2n) is 4.20. The molecule has 0 aliphatic carbocycles. The van der Waals surface area contributed by atoms with Crippen molar-refractivity contribution in [2.45, 2.75) is 6.92 Å². The summed E-state index contributed by atoms with van der Waals surface area (Å²) in [5, 5.41) is 2.67. The summed E-state index contributed by atoms with van der Waals surface area (Å²) in [5.74, 6) is -0.254. The first-order chi connectivity index (χ1) is 10.2. The number of anilines is 1. The van der Waals surface area contributed by atoms with Crippen LogP contribution in [0.2, 0.25) is 0 Å². The molecule has 2 aromatic rings. The summed E-state index contributed by atoms with van der Waals surface area (Å²) in [4.78, 5) is 11.8. The van der Waals surface area contributed by atoms with Gasteiger partial charge in [0.05, 0.1) is 12.3 Å². The van der Waals surface area contributed by atoms with Gasteiger partial charge < -0.3 is 14.8 Å². The van der Waals surface area contributed by atoms with Crippen molar-refractivity contribution in [1.29, 1.82) is 0 Å². The SMILES string of the molecule is CCOc1ccccc1NC(=O)COc1ccccc1F. The van der Waals surface area contributed by atoms with Crippen LogP contribution >= 0.6 is 0 Å². The van der Waals surface area contributed by atoms with E-state index in [0.717, 1.165) is 0 Å². The van der Waals surface area contributed by atoms with Gasteiger partial charge in [-0.15, -0.1) is 0 Å². The summed E-state index contributed by atoms with van der Waals surface area (Å²) >= 11 is 0. The van der Waals surface area contributed by atoms with Crippen molar-refractivity contribution in [3.8, 4) is 11.5 Å². The molecule has 110 valence electrons. The summed E-state index contributed by atoms with van der Waals surface area (Å²) < 4.78 is 23.9. The Labute approximate surface area is 122 Å². The molecule has 2 rings (SSSR count). The van der Waals surface area contributed by atoms with Gasteiger partial charge in [0.15, 0.2) is 18.2 Å². The van der Waals surface area contributed by atoms with E-state index in [1.165, 1.54) is 12.1 Å². The maximum atomic E-state index is 13.4. The van der Waals surface area contributed by atoms with E-state index < -0.39 is 5.82 Å². The molecule has 0 aliphatic rings. The summed E-state index contributed by atoms with van der Waals surface area (Å²) in [5.41, 5.74) is 0.557. The third-order valence-corrected chi connectivity index (χ3v) is 2.66. The second kappa shape index (κ2) is 7.28. The molecule has 0 bridgehead atoms. The standard InChI is InChI=1S/C16H16FNO3/c1-2-20-15-10-6-4-8-13(15)18-16(19)11-21-14-9-5-3-7-12(14)17/h3-10H,2,11H2,1H3,(H,18,19). The molecular formula is C16H16FNO3. The molecule has 1 N–H and O–H groups in total. The van der Waals surface area contributed by atoms with Gasteiger partial charge in [-0.1, -0.05) is 24.3 Å². The lowest BCUT2D eigenvalue weighted by atomic mass is 10.3. The van der Waals surface area contributed by atoms with E-state index in [2.05, 4.69) is 5.32 Å². The number of nitrogens with one attached hydrogen (secondary N) is 1. The van der Waals surface area contributed by atoms with Gasteiger partial charge in [0, 0.05) is 0 Å². The lowest BCUT2D eigenvalue weighted by Crippen LogP contribution is -2.20. The minimum atomic E-state index is -0.500. The van der Waals surface area contributed by atoms with Crippen molar-refractivity contribution in [2.24, 2.45) is 0 Å². The van der Waals surface area contributed by atoms with Gasteiger partial charge in [0.25, 0.3) is 5.91 Å². The number of carbonyl (C=O) groups is 1. The van der Waals surface area contributed by atoms with Crippen molar-refractivity contribution in [1.82, 2.24) is 0 Å². The highest BCUT2D eigenvalue weighted by molar-refractivity contribution is 5.93. The van der Waals surface area contributed by atoms with Gasteiger partial charge in [-0.2, -0.15) is 0 Å². The molecule has 4 nitrogen and oxygen atoms in total. The Bertz CT molecular complexity index is 616. The zero-order valence-corrected chi connectivity index (χ0v) is 11.6. The number of ether oxygens (including phenoxy) is 2. The fraction of sp³-hybridized carbons (Fsp3) is 0.188. The predicted octanol–water partition coefficient (Wildman–Crippen LogP) is 3.24. The smallest absolute Gasteiger partial charge is 0.262 e. The zero-order chi connectivity index (χ0) is 15.1. The van der Waals surface area contributed by atoms with Crippen LogP contribution in [0.15, 0.2) is 48.5 Å². The molecule has 21 heavy (non-hydrogen) atoms. The van der Waals surface area contributed by atoms with E-state index in [4.69, 9.17) is 9.47 Å². The van der Waals surface area contributed by atoms with Crippen molar-refractivity contribution >= 4 is 11.6 Å². The van der Waals surface area contributed by atoms with Crippen LogP contribution in [-0.2, 0) is 4.79 Å². The summed E-state index contributed by atoms with van der Waals surface area (Å²) in [6.07, 6.45) is 0. The largest absolute Gasteiger partial charge is 0.492 e. The van der Waals surface area contributed by atoms with Crippen molar-refractivity contribution in [2.75, 3.05) is 18.5 Å². The quantitative estimate of drug-likeness (QED) is 0.888. The highest BCUT2D eigenvalue weighted by Crippen LogP contribution is 2.23. The minimum Gasteiger partial charge on any atom is -0.492 e. The monoisotopic (exact) mass is 289 g/mol. The summed E-state index contributed by atoms with van der Waals surface area (Å²) in [6, 6.07) is 13.0. The maximum absolute atomic E-state index is 13.4. The van der Waals surface area contributed by atoms with E-state index in [0.29, 0.717) is 18.0 Å². The Morgan fingerprint density at radius 1 is 1.05 bits per heavy atom. The fourth-order valence-corrected chi connectivity index (χ4v) is 1.74. The number of amides is 1. The van der Waals surface area contributed by atoms with Gasteiger partial charge in [-0.3, -0.25) is 4.79 Å². The normalized spacial score (nSPS) is 10.0. The van der Waals surface area contributed by atoms with Crippen LogP contribution in [0.25, 0.3) is 0 Å². The molecule has 0 saturated heterocycles. The number of hydrogen-bond acceptors (Lipinski definition) is 3. The van der Waals surface area contributed by atoms with Crippen LogP contribution in [-0.4, -0.2) is 19.1 Å². The first-order valence-electron chi connectivity index (χ1n) is 6.59. The molecule has 0 saturated carbocycles. The number of carbonyl (C=O) groups excluding carboxylic acids is 1. The highest BCUT2D eigenvalue weighted by Gasteiger charge is 2.09. The molecule has 0 unspecified atom stereocenters. The Morgan fingerprint density at radius 3 is 2.43 bits per heavy atom. The highest BCUT2D eigenvalue weighted by atomic mass is 19.1. The van der Waals surface area contributed by atoms with E-state index in [1.807, 2.05) is 13.0 Å². The number of rotatable bonds is 6. The molecule has 1 amide bonds. The third-order valence-electron chi connectivity index (χ3n) is 2.66. The number of hydrogen-bond donors (Lipinski definition) is 1. The molecule has 0 aliphatic heterocycles. The van der Waals surface area contributed by atoms with E-state index in [-0.39, 0.29) is 18.3 Å². The molecule has 0 fully saturated rings. The predicted molar refractivity (Wildman–Crippen MR) is 78.1 cm³/mol. The van der Waals surface area contributed by atoms with E-state index in [1.54, 1.807) is 30.3 Å². The summed E-state index contributed by atoms with van der Waals surface area (Å²) in [6.45, 7) is 2.08. The van der Waals surface area contributed by atoms with E-state index in [9.17, 15) is 9.18 Å². The number of para-hydroxylation sites is 3. The molecular weight excluding hydrogens is 273 g/mol. The Kier molecular flexibility index (Phi) is 5.15. The molecule has 0 spiro atoms. The molecule has 2 aromatic carbocycles. The van der Waals surface area contributed by atoms with Gasteiger partial charge >= 0.3 is 0 Å². The second-order valence-corrected chi connectivity index (χ2v) is 4.20. The van der Waals surface area contributed by atoms with Gasteiger partial charge in [-0.05, 0) is 31.2 Å². The van der Waals surface area contributed by atoms with E-state index >= 15 is 0 Å². The lowest BCUT2D eigenvalue weighted by molar-refractivity contribution is -0.118. The maximum Gasteiger partial charge on any atom is 0.262 e.